The number of carboxylic acids is 2. The Kier molecular flexibility index (Phi) is 46.6. The lowest BCUT2D eigenvalue weighted by molar-refractivity contribution is -0.143. The van der Waals surface area contributed by atoms with Crippen molar-refractivity contribution in [1.29, 1.82) is 5.41 Å². The highest BCUT2D eigenvalue weighted by molar-refractivity contribution is 7.80. The van der Waals surface area contributed by atoms with Crippen LogP contribution in [0, 0.1) is 23.2 Å². The van der Waals surface area contributed by atoms with Gasteiger partial charge in [0.1, 0.15) is 84.3 Å². The summed E-state index contributed by atoms with van der Waals surface area (Å²) in [7, 11) is 0. The maximum atomic E-state index is 14.6. The number of nitrogens with one attached hydrogen (secondary N) is 17. The Bertz CT molecular complexity index is 3920. The number of aromatic hydroxyl groups is 1. The molecule has 0 saturated carbocycles. The molecule has 0 aliphatic carbocycles. The highest BCUT2D eigenvalue weighted by atomic mass is 32.1. The molecule has 48 heteroatoms. The van der Waals surface area contributed by atoms with Gasteiger partial charge in [0.05, 0.1) is 52.0 Å². The molecule has 17 amide bonds. The first kappa shape index (κ1) is 105. The Morgan fingerprint density at radius 2 is 0.760 bits per heavy atom. The zero-order chi connectivity index (χ0) is 91.5. The number of thiol groups is 1. The van der Waals surface area contributed by atoms with Gasteiger partial charge < -0.3 is 144 Å². The Labute approximate surface area is 699 Å². The van der Waals surface area contributed by atoms with Gasteiger partial charge in [-0.3, -0.25) is 91.7 Å². The normalized spacial score (nSPS) is 14.5. The molecule has 47 nitrogen and oxygen atoms in total. The first-order valence-corrected chi connectivity index (χ1v) is 38.7. The summed E-state index contributed by atoms with van der Waals surface area (Å²) in [5.74, 6) is -24.9. The molecule has 0 aliphatic rings. The molecule has 0 heterocycles. The number of guanidine groups is 1. The first-order valence-electron chi connectivity index (χ1n) is 38.1. The fourth-order valence-corrected chi connectivity index (χ4v) is 11.2. The molecule has 32 N–H and O–H groups in total. The number of carbonyl (C=O) groups is 19. The largest absolute Gasteiger partial charge is 0.508 e. The second-order valence-electron chi connectivity index (χ2n) is 28.8. The van der Waals surface area contributed by atoms with Gasteiger partial charge in [-0.05, 0) is 73.1 Å². The van der Waals surface area contributed by atoms with Crippen LogP contribution in [0.1, 0.15) is 104 Å². The lowest BCUT2D eigenvalue weighted by atomic mass is 10.0. The number of hydrogen-bond acceptors (Lipinski definition) is 27. The van der Waals surface area contributed by atoms with E-state index in [-0.39, 0.29) is 48.8 Å². The summed E-state index contributed by atoms with van der Waals surface area (Å²) in [6.07, 6.45) is -5.23. The summed E-state index contributed by atoms with van der Waals surface area (Å²) in [5.41, 5.74) is 22.7. The van der Waals surface area contributed by atoms with Gasteiger partial charge in [-0.1, -0.05) is 84.0 Å². The smallest absolute Gasteiger partial charge is 0.326 e. The van der Waals surface area contributed by atoms with Gasteiger partial charge in [0.25, 0.3) is 0 Å². The van der Waals surface area contributed by atoms with Crippen LogP contribution in [0.25, 0.3) is 0 Å². The monoisotopic (exact) mass is 1730 g/mol. The highest BCUT2D eigenvalue weighted by Gasteiger charge is 2.39. The van der Waals surface area contributed by atoms with Crippen LogP contribution in [0.4, 0.5) is 0 Å². The van der Waals surface area contributed by atoms with Gasteiger partial charge in [-0.15, -0.1) is 0 Å². The molecule has 0 bridgehead atoms. The average Bonchev–Trinajstić information content (AvgIpc) is 0.850. The van der Waals surface area contributed by atoms with E-state index >= 15 is 0 Å². The zero-order valence-electron chi connectivity index (χ0n) is 67.4. The van der Waals surface area contributed by atoms with Crippen LogP contribution in [0.15, 0.2) is 54.6 Å². The van der Waals surface area contributed by atoms with Crippen LogP contribution in [0.3, 0.4) is 0 Å². The van der Waals surface area contributed by atoms with E-state index in [0.717, 1.165) is 0 Å². The molecule has 0 aliphatic heterocycles. The highest BCUT2D eigenvalue weighted by Crippen LogP contribution is 2.15. The molecule has 2 rings (SSSR count). The molecular formula is C73H113N21O26S. The number of aliphatic carboxylic acids is 2. The van der Waals surface area contributed by atoms with Gasteiger partial charge in [-0.25, -0.2) is 4.79 Å². The molecule has 14 atom stereocenters. The lowest BCUT2D eigenvalue weighted by Gasteiger charge is -2.29. The van der Waals surface area contributed by atoms with E-state index in [9.17, 15) is 127 Å². The Morgan fingerprint density at radius 3 is 1.19 bits per heavy atom. The van der Waals surface area contributed by atoms with Crippen LogP contribution in [-0.4, -0.2) is 290 Å². The van der Waals surface area contributed by atoms with Gasteiger partial charge in [-0.2, -0.15) is 12.6 Å². The van der Waals surface area contributed by atoms with Crippen molar-refractivity contribution < 1.29 is 127 Å². The molecule has 0 saturated heterocycles. The summed E-state index contributed by atoms with van der Waals surface area (Å²) in [6, 6.07) is -11.4. The van der Waals surface area contributed by atoms with Crippen LogP contribution in [0.5, 0.6) is 5.75 Å². The van der Waals surface area contributed by atoms with Crippen molar-refractivity contribution in [3.63, 3.8) is 0 Å². The summed E-state index contributed by atoms with van der Waals surface area (Å²) in [5, 5.41) is 115. The van der Waals surface area contributed by atoms with E-state index in [1.54, 1.807) is 33.8 Å². The number of aliphatic hydroxyl groups excluding tert-OH is 4. The molecule has 2 aromatic rings. The lowest BCUT2D eigenvalue weighted by Crippen LogP contribution is -2.62. The van der Waals surface area contributed by atoms with E-state index in [1.165, 1.54) is 62.4 Å². The number of rotatable bonds is 56. The molecule has 0 radical (unpaired) electrons. The third kappa shape index (κ3) is 39.4. The zero-order valence-corrected chi connectivity index (χ0v) is 68.3. The Balaban J connectivity index is 2.49. The molecule has 0 fully saturated rings. The maximum Gasteiger partial charge on any atom is 0.326 e. The van der Waals surface area contributed by atoms with Gasteiger partial charge >= 0.3 is 11.9 Å². The van der Waals surface area contributed by atoms with Crippen LogP contribution < -0.4 is 108 Å². The second-order valence-corrected chi connectivity index (χ2v) is 29.2. The number of nitrogens with two attached hydrogens (primary N) is 4. The topological polar surface area (TPSA) is 786 Å². The number of phenols is 1. The minimum atomic E-state index is -2.05. The second kappa shape index (κ2) is 53.9. The number of aliphatic hydroxyl groups is 4. The standard InChI is InChI=1S/C73H113N21O26S/c1-34(2)23-44(67(114)94-58(36(5)6)72(119)120)82-54(102)28-81-60(107)48(29-95)90-70(117)50(31-97)91-62(109)43(19-21-56(104)105)85-61(108)42(18-20-52(75)100)86-64(111)45(24-37-11-8-7-9-12-37)88-69(116)51(32-98)92-71(118)57(35(3)4)93-63(110)41(13-10-22-79-73(77)78)84-66(113)47(26-53(76)101)89-65(112)46(25-38-14-16-39(99)17-15-38)87-68(115)49(30-96)83-55(103)27-80-59(106)40(74)33-121/h7-9,11-12,14-17,34-36,40-51,57-58,95-99,121H,10,13,18-33,74H2,1-6H3,(H2,75,100)(H2,76,101)(H,80,106)(H,81,107)(H,82,102)(H,83,103)(H,84,113)(H,85,108)(H,86,111)(H,87,115)(H,88,116)(H,89,112)(H,90,117)(H,91,109)(H,92,118)(H,93,110)(H,94,114)(H,104,105)(H,119,120)(H4,77,78,79)/t40-,41-,42-,43-,44-,45-,46-,47-,48-,49-,50-,51-,57-,58-/m0/s1. The SMILES string of the molecule is CC(C)C[C@H](NC(=O)CNC(=O)[C@H](CO)NC(=O)[C@H](CO)NC(=O)[C@H](CCC(=O)O)NC(=O)[C@H](CCC(N)=O)NC(=O)[C@H](Cc1ccccc1)NC(=O)[C@H](CO)NC(=O)[C@@H](NC(=O)[C@H](CCCNC(=N)N)NC(=O)[C@H](CC(N)=O)NC(=O)[C@H](Cc1ccc(O)cc1)NC(=O)[C@H](CO)NC(=O)CNC(=O)[C@@H](N)CS)C(C)C)C(=O)N[C@H](C(=O)O)C(C)C. The molecule has 121 heavy (non-hydrogen) atoms. The average molecular weight is 1730 g/mol. The minimum absolute atomic E-state index is 0.0291. The van der Waals surface area contributed by atoms with Crippen molar-refractivity contribution in [3.05, 3.63) is 65.7 Å². The van der Waals surface area contributed by atoms with E-state index in [1.807, 2.05) is 0 Å². The van der Waals surface area contributed by atoms with E-state index in [0.29, 0.717) is 5.56 Å². The van der Waals surface area contributed by atoms with Crippen LogP contribution >= 0.6 is 12.6 Å². The predicted molar refractivity (Wildman–Crippen MR) is 428 cm³/mol. The van der Waals surface area contributed by atoms with Gasteiger partial charge in [0.2, 0.25) is 100 Å². The van der Waals surface area contributed by atoms with Crippen LogP contribution in [0.2, 0.25) is 0 Å². The molecule has 672 valence electrons. The maximum absolute atomic E-state index is 14.6. The van der Waals surface area contributed by atoms with E-state index < -0.39 is 299 Å². The van der Waals surface area contributed by atoms with Crippen molar-refractivity contribution in [2.45, 2.75) is 190 Å². The molecule has 0 spiro atoms. The van der Waals surface area contributed by atoms with Crippen molar-refractivity contribution in [2.24, 2.45) is 40.7 Å². The molecule has 2 aromatic carbocycles. The van der Waals surface area contributed by atoms with E-state index in [2.05, 4.69) is 97.7 Å². The van der Waals surface area contributed by atoms with E-state index in [4.69, 9.17) is 28.3 Å². The predicted octanol–water partition coefficient (Wildman–Crippen LogP) is -11.3. The molecule has 0 unspecified atom stereocenters. The Morgan fingerprint density at radius 1 is 0.397 bits per heavy atom. The summed E-state index contributed by atoms with van der Waals surface area (Å²) < 4.78 is 0. The third-order valence-corrected chi connectivity index (χ3v) is 18.1. The fourth-order valence-electron chi connectivity index (χ4n) is 11.1. The number of carboxylic acid groups (broad SMARTS) is 2. The summed E-state index contributed by atoms with van der Waals surface area (Å²) >= 11 is 3.91. The first-order chi connectivity index (χ1) is 56.9. The third-order valence-electron chi connectivity index (χ3n) is 17.7. The Hall–Kier alpha value is -12.4. The number of phenolic OH excluding ortho intramolecular Hbond substituents is 1. The summed E-state index contributed by atoms with van der Waals surface area (Å²) in [4.78, 5) is 255. The fraction of sp³-hybridized carbons (Fsp3) is 0.562. The van der Waals surface area contributed by atoms with Crippen molar-refractivity contribution in [2.75, 3.05) is 51.8 Å². The van der Waals surface area contributed by atoms with Gasteiger partial charge in [0.15, 0.2) is 5.96 Å². The van der Waals surface area contributed by atoms with Crippen LogP contribution in [-0.2, 0) is 104 Å². The van der Waals surface area contributed by atoms with Crippen molar-refractivity contribution in [3.8, 4) is 5.75 Å². The van der Waals surface area contributed by atoms with Gasteiger partial charge in [0, 0.05) is 38.0 Å². The number of amides is 17. The molecule has 0 aromatic heterocycles. The van der Waals surface area contributed by atoms with Crippen molar-refractivity contribution >= 4 is 131 Å². The number of carbonyl (C=O) groups excluding carboxylic acids is 17. The summed E-state index contributed by atoms with van der Waals surface area (Å²) in [6.45, 7) is 2.95. The minimum Gasteiger partial charge on any atom is -0.508 e. The quantitative estimate of drug-likeness (QED) is 0.0127. The number of primary amides is 2. The number of benzene rings is 2. The number of hydrogen-bond donors (Lipinski definition) is 29. The van der Waals surface area contributed by atoms with Crippen molar-refractivity contribution in [1.82, 2.24) is 85.1 Å². The molecular weight excluding hydrogens is 1620 g/mol.